The van der Waals surface area contributed by atoms with Gasteiger partial charge in [0, 0.05) is 0 Å². The van der Waals surface area contributed by atoms with Crippen LogP contribution in [0.4, 0.5) is 0 Å². The van der Waals surface area contributed by atoms with Crippen LogP contribution in [0.15, 0.2) is 12.1 Å². The zero-order valence-electron chi connectivity index (χ0n) is 17.4. The Bertz CT molecular complexity index is 522. The van der Waals surface area contributed by atoms with Gasteiger partial charge in [-0.15, -0.1) is 0 Å². The van der Waals surface area contributed by atoms with E-state index in [1.807, 2.05) is 6.07 Å². The molecule has 0 N–H and O–H groups in total. The van der Waals surface area contributed by atoms with Crippen LogP contribution < -0.4 is 0 Å². The molecule has 0 bridgehead atoms. The van der Waals surface area contributed by atoms with Gasteiger partial charge in [-0.2, -0.15) is 4.89 Å². The Morgan fingerprint density at radius 2 is 1.35 bits per heavy atom. The molecule has 1 aromatic rings. The van der Waals surface area contributed by atoms with Gasteiger partial charge < -0.3 is 0 Å². The lowest BCUT2D eigenvalue weighted by atomic mass is 9.87. The van der Waals surface area contributed by atoms with Crippen molar-refractivity contribution in [3.8, 4) is 0 Å². The largest absolute Gasteiger partial charge is 0.373 e. The lowest BCUT2D eigenvalue weighted by molar-refractivity contribution is -0.241. The third kappa shape index (κ3) is 7.49. The van der Waals surface area contributed by atoms with E-state index in [1.54, 1.807) is 0 Å². The average Bonchev–Trinajstić information content (AvgIpc) is 2.66. The summed E-state index contributed by atoms with van der Waals surface area (Å²) in [5.41, 5.74) is 4.69. The highest BCUT2D eigenvalue weighted by atomic mass is 17.2. The molecule has 1 aromatic carbocycles. The SMILES string of the molecule is CCCCOOC(=O)c1ccc(CCCC)c(CCCC)c1CCCC. The van der Waals surface area contributed by atoms with Gasteiger partial charge in [-0.3, -0.25) is 4.89 Å². The van der Waals surface area contributed by atoms with Gasteiger partial charge in [0.05, 0.1) is 12.2 Å². The zero-order chi connectivity index (χ0) is 19.2. The molecule has 0 aliphatic heterocycles. The van der Waals surface area contributed by atoms with Crippen LogP contribution in [0.3, 0.4) is 0 Å². The van der Waals surface area contributed by atoms with Crippen molar-refractivity contribution in [3.05, 3.63) is 34.4 Å². The summed E-state index contributed by atoms with van der Waals surface area (Å²) in [6.45, 7) is 9.19. The molecule has 0 saturated carbocycles. The first-order chi connectivity index (χ1) is 12.7. The Morgan fingerprint density at radius 1 is 0.769 bits per heavy atom. The van der Waals surface area contributed by atoms with Crippen LogP contribution in [0.1, 0.15) is 106 Å². The zero-order valence-corrected chi connectivity index (χ0v) is 17.4. The maximum atomic E-state index is 12.6. The van der Waals surface area contributed by atoms with Crippen molar-refractivity contribution in [1.82, 2.24) is 0 Å². The number of carbonyl (C=O) groups is 1. The van der Waals surface area contributed by atoms with E-state index in [0.29, 0.717) is 12.2 Å². The summed E-state index contributed by atoms with van der Waals surface area (Å²) in [5, 5.41) is 0. The van der Waals surface area contributed by atoms with Crippen LogP contribution in [-0.2, 0) is 29.0 Å². The van der Waals surface area contributed by atoms with Crippen LogP contribution in [0, 0.1) is 0 Å². The molecule has 0 fully saturated rings. The highest BCUT2D eigenvalue weighted by molar-refractivity contribution is 5.91. The summed E-state index contributed by atoms with van der Waals surface area (Å²) in [5.74, 6) is -0.341. The quantitative estimate of drug-likeness (QED) is 0.212. The standard InChI is InChI=1S/C23H38O3/c1-5-9-13-19-16-17-22(23(24)26-25-18-12-8-4)21(15-11-7-3)20(19)14-10-6-2/h16-17H,5-15,18H2,1-4H3. The van der Waals surface area contributed by atoms with Crippen molar-refractivity contribution in [1.29, 1.82) is 0 Å². The number of benzene rings is 1. The average molecular weight is 363 g/mol. The van der Waals surface area contributed by atoms with Gasteiger partial charge in [-0.1, -0.05) is 59.4 Å². The summed E-state index contributed by atoms with van der Waals surface area (Å²) < 4.78 is 0. The second-order valence-corrected chi connectivity index (χ2v) is 7.09. The minimum atomic E-state index is -0.341. The number of unbranched alkanes of at least 4 members (excludes halogenated alkanes) is 4. The van der Waals surface area contributed by atoms with Crippen LogP contribution in [0.25, 0.3) is 0 Å². The van der Waals surface area contributed by atoms with Crippen LogP contribution >= 0.6 is 0 Å². The van der Waals surface area contributed by atoms with Crippen molar-refractivity contribution >= 4 is 5.97 Å². The van der Waals surface area contributed by atoms with E-state index < -0.39 is 0 Å². The molecular formula is C23H38O3. The van der Waals surface area contributed by atoms with E-state index in [9.17, 15) is 4.79 Å². The van der Waals surface area contributed by atoms with Crippen molar-refractivity contribution in [2.75, 3.05) is 6.61 Å². The van der Waals surface area contributed by atoms with Crippen LogP contribution in [-0.4, -0.2) is 12.6 Å². The fourth-order valence-electron chi connectivity index (χ4n) is 3.18. The second-order valence-electron chi connectivity index (χ2n) is 7.09. The third-order valence-electron chi connectivity index (χ3n) is 4.82. The predicted octanol–water partition coefficient (Wildman–Crippen LogP) is 6.60. The molecule has 0 atom stereocenters. The summed E-state index contributed by atoms with van der Waals surface area (Å²) in [7, 11) is 0. The number of hydrogen-bond donors (Lipinski definition) is 0. The van der Waals surface area contributed by atoms with E-state index in [0.717, 1.165) is 57.8 Å². The molecule has 0 saturated heterocycles. The van der Waals surface area contributed by atoms with Gasteiger partial charge in [0.1, 0.15) is 0 Å². The maximum absolute atomic E-state index is 12.6. The molecule has 0 amide bonds. The van der Waals surface area contributed by atoms with E-state index in [2.05, 4.69) is 33.8 Å². The molecular weight excluding hydrogens is 324 g/mol. The Balaban J connectivity index is 3.10. The monoisotopic (exact) mass is 362 g/mol. The lowest BCUT2D eigenvalue weighted by Gasteiger charge is -2.18. The molecule has 0 aromatic heterocycles. The van der Waals surface area contributed by atoms with Gasteiger partial charge in [-0.05, 0) is 67.7 Å². The molecule has 0 heterocycles. The van der Waals surface area contributed by atoms with Gasteiger partial charge in [0.2, 0.25) is 0 Å². The number of hydrogen-bond acceptors (Lipinski definition) is 3. The van der Waals surface area contributed by atoms with E-state index in [4.69, 9.17) is 9.78 Å². The summed E-state index contributed by atoms with van der Waals surface area (Å²) in [4.78, 5) is 22.8. The number of rotatable bonds is 14. The Morgan fingerprint density at radius 3 is 1.96 bits per heavy atom. The minimum absolute atomic E-state index is 0.341. The van der Waals surface area contributed by atoms with Crippen molar-refractivity contribution in [2.45, 2.75) is 98.3 Å². The molecule has 148 valence electrons. The first-order valence-corrected chi connectivity index (χ1v) is 10.7. The number of carbonyl (C=O) groups excluding carboxylic acids is 1. The molecule has 0 aliphatic carbocycles. The van der Waals surface area contributed by atoms with Gasteiger partial charge in [-0.25, -0.2) is 4.79 Å². The van der Waals surface area contributed by atoms with Crippen molar-refractivity contribution in [2.24, 2.45) is 0 Å². The summed E-state index contributed by atoms with van der Waals surface area (Å²) in [6, 6.07) is 4.09. The molecule has 0 spiro atoms. The fraction of sp³-hybridized carbons (Fsp3) is 0.696. The summed E-state index contributed by atoms with van der Waals surface area (Å²) in [6.07, 6.45) is 11.9. The van der Waals surface area contributed by atoms with Gasteiger partial charge in [0.15, 0.2) is 0 Å². The lowest BCUT2D eigenvalue weighted by Crippen LogP contribution is -2.13. The normalized spacial score (nSPS) is 10.9. The molecule has 1 rings (SSSR count). The molecule has 0 unspecified atom stereocenters. The van der Waals surface area contributed by atoms with Crippen LogP contribution in [0.2, 0.25) is 0 Å². The van der Waals surface area contributed by atoms with Crippen molar-refractivity contribution < 1.29 is 14.6 Å². The van der Waals surface area contributed by atoms with E-state index in [-0.39, 0.29) is 5.97 Å². The number of aryl methyl sites for hydroxylation is 1. The first-order valence-electron chi connectivity index (χ1n) is 10.7. The molecule has 0 radical (unpaired) electrons. The first kappa shape index (κ1) is 22.7. The topological polar surface area (TPSA) is 35.5 Å². The minimum Gasteiger partial charge on any atom is -0.293 e. The smallest absolute Gasteiger partial charge is 0.293 e. The van der Waals surface area contributed by atoms with Gasteiger partial charge in [0.25, 0.3) is 0 Å². The maximum Gasteiger partial charge on any atom is 0.373 e. The Kier molecular flexibility index (Phi) is 12.0. The molecule has 0 aliphatic rings. The highest BCUT2D eigenvalue weighted by Crippen LogP contribution is 2.26. The fourth-order valence-corrected chi connectivity index (χ4v) is 3.18. The molecule has 26 heavy (non-hydrogen) atoms. The highest BCUT2D eigenvalue weighted by Gasteiger charge is 2.19. The van der Waals surface area contributed by atoms with E-state index in [1.165, 1.54) is 29.5 Å². The Labute approximate surface area is 160 Å². The third-order valence-corrected chi connectivity index (χ3v) is 4.82. The predicted molar refractivity (Wildman–Crippen MR) is 109 cm³/mol. The van der Waals surface area contributed by atoms with Crippen molar-refractivity contribution in [3.63, 3.8) is 0 Å². The second kappa shape index (κ2) is 13.8. The van der Waals surface area contributed by atoms with Gasteiger partial charge >= 0.3 is 5.97 Å². The molecule has 3 nitrogen and oxygen atoms in total. The Hall–Kier alpha value is -1.35. The molecule has 3 heteroatoms. The summed E-state index contributed by atoms with van der Waals surface area (Å²) >= 11 is 0. The van der Waals surface area contributed by atoms with Crippen LogP contribution in [0.5, 0.6) is 0 Å². The van der Waals surface area contributed by atoms with E-state index >= 15 is 0 Å².